The van der Waals surface area contributed by atoms with Crippen LogP contribution in [-0.4, -0.2) is 128 Å². The topological polar surface area (TPSA) is 196 Å². The molecule has 1 fully saturated rings. The fourth-order valence-corrected chi connectivity index (χ4v) is 3.50. The maximum absolute atomic E-state index is 11.9. The van der Waals surface area contributed by atoms with Crippen LogP contribution in [0.5, 0.6) is 0 Å². The molecule has 1 rings (SSSR count). The molecule has 13 heteroatoms. The summed E-state index contributed by atoms with van der Waals surface area (Å²) in [6.07, 6.45) is -0.705. The molecule has 1 aliphatic heterocycles. The van der Waals surface area contributed by atoms with Crippen molar-refractivity contribution in [3.8, 4) is 0 Å². The summed E-state index contributed by atoms with van der Waals surface area (Å²) in [4.78, 5) is 60.8. The molecule has 5 N–H and O–H groups in total. The maximum atomic E-state index is 11.9. The molecule has 0 aromatic heterocycles. The molecule has 0 saturated carbocycles. The number of aliphatic carboxylic acids is 5. The van der Waals surface area contributed by atoms with Gasteiger partial charge in [0.25, 0.3) is 0 Å². The number of nitrogens with zero attached hydrogens (tertiary/aromatic N) is 3. The van der Waals surface area contributed by atoms with Crippen molar-refractivity contribution in [2.24, 2.45) is 5.92 Å². The highest BCUT2D eigenvalue weighted by molar-refractivity contribution is 5.74. The Labute approximate surface area is 172 Å². The average molecular weight is 433 g/mol. The van der Waals surface area contributed by atoms with E-state index in [1.807, 2.05) is 0 Å². The Bertz CT molecular complexity index is 656. The molecule has 1 aliphatic rings. The Balaban J connectivity index is 3.26. The largest absolute Gasteiger partial charge is 0.481 e. The van der Waals surface area contributed by atoms with E-state index in [9.17, 15) is 39.3 Å². The predicted octanol–water partition coefficient (Wildman–Crippen LogP) is -1.91. The second-order valence-corrected chi connectivity index (χ2v) is 7.11. The first-order valence-corrected chi connectivity index (χ1v) is 9.28. The van der Waals surface area contributed by atoms with Gasteiger partial charge in [-0.05, 0) is 6.42 Å². The molecule has 30 heavy (non-hydrogen) atoms. The van der Waals surface area contributed by atoms with Gasteiger partial charge >= 0.3 is 29.8 Å². The minimum Gasteiger partial charge on any atom is -0.481 e. The SMILES string of the molecule is O=C(O)CCC(C(=O)O)C1CN(CC(=O)O)CCN(CC(=O)O)CCN1CC(=O)O. The van der Waals surface area contributed by atoms with E-state index in [-0.39, 0.29) is 45.7 Å². The fraction of sp³-hybridized carbons (Fsp3) is 0.706. The van der Waals surface area contributed by atoms with Gasteiger partial charge in [-0.15, -0.1) is 0 Å². The van der Waals surface area contributed by atoms with Crippen LogP contribution in [0.1, 0.15) is 12.8 Å². The third-order valence-corrected chi connectivity index (χ3v) is 4.86. The summed E-state index contributed by atoms with van der Waals surface area (Å²) in [6.45, 7) is -0.982. The van der Waals surface area contributed by atoms with Crippen molar-refractivity contribution in [2.75, 3.05) is 52.4 Å². The Morgan fingerprint density at radius 1 is 0.700 bits per heavy atom. The van der Waals surface area contributed by atoms with Gasteiger partial charge in [0.1, 0.15) is 0 Å². The van der Waals surface area contributed by atoms with E-state index in [0.717, 1.165) is 0 Å². The van der Waals surface area contributed by atoms with Crippen molar-refractivity contribution < 1.29 is 49.5 Å². The van der Waals surface area contributed by atoms with Crippen molar-refractivity contribution in [1.29, 1.82) is 0 Å². The molecule has 13 nitrogen and oxygen atoms in total. The third-order valence-electron chi connectivity index (χ3n) is 4.86. The van der Waals surface area contributed by atoms with E-state index in [1.165, 1.54) is 14.7 Å². The fourth-order valence-electron chi connectivity index (χ4n) is 3.50. The minimum atomic E-state index is -1.31. The van der Waals surface area contributed by atoms with Gasteiger partial charge in [0.05, 0.1) is 25.6 Å². The van der Waals surface area contributed by atoms with Gasteiger partial charge in [0, 0.05) is 45.2 Å². The lowest BCUT2D eigenvalue weighted by Gasteiger charge is -2.36. The van der Waals surface area contributed by atoms with E-state index in [1.54, 1.807) is 0 Å². The molecule has 0 aromatic rings. The molecule has 2 unspecified atom stereocenters. The molecule has 0 aromatic carbocycles. The van der Waals surface area contributed by atoms with Crippen LogP contribution in [0.3, 0.4) is 0 Å². The lowest BCUT2D eigenvalue weighted by molar-refractivity contribution is -0.149. The van der Waals surface area contributed by atoms with Gasteiger partial charge in [-0.1, -0.05) is 0 Å². The number of hydrogen-bond donors (Lipinski definition) is 5. The monoisotopic (exact) mass is 433 g/mol. The molecule has 170 valence electrons. The van der Waals surface area contributed by atoms with Crippen LogP contribution in [0.2, 0.25) is 0 Å². The number of hydrogen-bond acceptors (Lipinski definition) is 8. The maximum Gasteiger partial charge on any atom is 0.317 e. The average Bonchev–Trinajstić information content (AvgIpc) is 2.65. The quantitative estimate of drug-likeness (QED) is 0.242. The predicted molar refractivity (Wildman–Crippen MR) is 99.1 cm³/mol. The minimum absolute atomic E-state index is 0.0298. The van der Waals surface area contributed by atoms with E-state index in [4.69, 9.17) is 10.2 Å². The third kappa shape index (κ3) is 9.15. The van der Waals surface area contributed by atoms with Gasteiger partial charge in [0.15, 0.2) is 0 Å². The van der Waals surface area contributed by atoms with Crippen LogP contribution in [-0.2, 0) is 24.0 Å². The standard InChI is InChI=1S/C17H27N3O10/c21-13(22)2-1-11(17(29)30)12-7-19(9-15(25)26)4-3-18(8-14(23)24)5-6-20(12)10-16(27)28/h11-12H,1-10H2,(H,21,22)(H,23,24)(H,25,26)(H,27,28)(H,29,30). The van der Waals surface area contributed by atoms with Gasteiger partial charge in [-0.25, -0.2) is 0 Å². The first-order valence-electron chi connectivity index (χ1n) is 9.28. The zero-order valence-electron chi connectivity index (χ0n) is 16.3. The van der Waals surface area contributed by atoms with Crippen molar-refractivity contribution in [2.45, 2.75) is 18.9 Å². The lowest BCUT2D eigenvalue weighted by Crippen LogP contribution is -2.53. The van der Waals surface area contributed by atoms with Crippen molar-refractivity contribution in [3.05, 3.63) is 0 Å². The first kappa shape index (κ1) is 25.3. The Hall–Kier alpha value is -2.77. The second kappa shape index (κ2) is 12.0. The summed E-state index contributed by atoms with van der Waals surface area (Å²) in [5, 5.41) is 46.1. The molecule has 0 aliphatic carbocycles. The number of carbonyl (C=O) groups is 5. The van der Waals surface area contributed by atoms with Crippen LogP contribution in [0.15, 0.2) is 0 Å². The highest BCUT2D eigenvalue weighted by Crippen LogP contribution is 2.21. The van der Waals surface area contributed by atoms with Gasteiger partial charge in [-0.3, -0.25) is 38.7 Å². The highest BCUT2D eigenvalue weighted by atomic mass is 16.4. The molecule has 0 radical (unpaired) electrons. The number of rotatable bonds is 11. The summed E-state index contributed by atoms with van der Waals surface area (Å²) in [5.74, 6) is -7.29. The van der Waals surface area contributed by atoms with Crippen molar-refractivity contribution in [1.82, 2.24) is 14.7 Å². The van der Waals surface area contributed by atoms with Gasteiger partial charge in [0.2, 0.25) is 0 Å². The molecule has 0 amide bonds. The van der Waals surface area contributed by atoms with Crippen LogP contribution < -0.4 is 0 Å². The zero-order valence-corrected chi connectivity index (χ0v) is 16.3. The van der Waals surface area contributed by atoms with E-state index in [0.29, 0.717) is 0 Å². The molecule has 0 bridgehead atoms. The zero-order chi connectivity index (χ0) is 22.8. The molecular formula is C17H27N3O10. The summed E-state index contributed by atoms with van der Waals surface area (Å²) in [5.41, 5.74) is 0. The Morgan fingerprint density at radius 3 is 1.70 bits per heavy atom. The summed E-state index contributed by atoms with van der Waals surface area (Å²) >= 11 is 0. The number of carboxylic acids is 5. The molecular weight excluding hydrogens is 406 g/mol. The summed E-state index contributed by atoms with van der Waals surface area (Å²) < 4.78 is 0. The Kier molecular flexibility index (Phi) is 10.1. The molecule has 2 atom stereocenters. The van der Waals surface area contributed by atoms with Crippen LogP contribution >= 0.6 is 0 Å². The Morgan fingerprint density at radius 2 is 1.20 bits per heavy atom. The summed E-state index contributed by atoms with van der Waals surface area (Å²) in [7, 11) is 0. The summed E-state index contributed by atoms with van der Waals surface area (Å²) in [6, 6.07) is -0.970. The van der Waals surface area contributed by atoms with Gasteiger partial charge in [-0.2, -0.15) is 0 Å². The molecule has 1 saturated heterocycles. The van der Waals surface area contributed by atoms with E-state index in [2.05, 4.69) is 0 Å². The second-order valence-electron chi connectivity index (χ2n) is 7.11. The van der Waals surface area contributed by atoms with E-state index >= 15 is 0 Å². The molecule has 1 heterocycles. The van der Waals surface area contributed by atoms with Crippen molar-refractivity contribution >= 4 is 29.8 Å². The van der Waals surface area contributed by atoms with Crippen LogP contribution in [0, 0.1) is 5.92 Å². The van der Waals surface area contributed by atoms with Crippen molar-refractivity contribution in [3.63, 3.8) is 0 Å². The molecule has 0 spiro atoms. The van der Waals surface area contributed by atoms with Crippen LogP contribution in [0.4, 0.5) is 0 Å². The van der Waals surface area contributed by atoms with Crippen LogP contribution in [0.25, 0.3) is 0 Å². The smallest absolute Gasteiger partial charge is 0.317 e. The van der Waals surface area contributed by atoms with Gasteiger partial charge < -0.3 is 25.5 Å². The van der Waals surface area contributed by atoms with E-state index < -0.39 is 61.3 Å². The lowest BCUT2D eigenvalue weighted by atomic mass is 9.92. The highest BCUT2D eigenvalue weighted by Gasteiger charge is 2.36. The first-order chi connectivity index (χ1) is 14.0. The number of carboxylic acid groups (broad SMARTS) is 5. The normalized spacial score (nSPS) is 20.5.